The van der Waals surface area contributed by atoms with E-state index in [-0.39, 0.29) is 0 Å². The van der Waals surface area contributed by atoms with E-state index < -0.39 is 0 Å². The molecule has 0 aliphatic carbocycles. The normalized spacial score (nSPS) is 19.0. The summed E-state index contributed by atoms with van der Waals surface area (Å²) >= 11 is 5.38. The molecule has 0 fully saturated rings. The molecule has 2 aromatic carbocycles. The third-order valence-corrected chi connectivity index (χ3v) is 4.73. The Morgan fingerprint density at radius 2 is 2.00 bits per heavy atom. The Bertz CT molecular complexity index is 624. The van der Waals surface area contributed by atoms with Crippen LogP contribution in [0.25, 0.3) is 10.8 Å². The van der Waals surface area contributed by atoms with Gasteiger partial charge in [-0.1, -0.05) is 52.0 Å². The van der Waals surface area contributed by atoms with E-state index in [1.54, 1.807) is 11.8 Å². The van der Waals surface area contributed by atoms with Crippen molar-refractivity contribution in [2.45, 2.75) is 13.0 Å². The fourth-order valence-electron chi connectivity index (χ4n) is 2.03. The molecular formula is C14H13BrN2S. The molecule has 1 atom stereocenters. The van der Waals surface area contributed by atoms with E-state index in [0.717, 1.165) is 21.1 Å². The van der Waals surface area contributed by atoms with E-state index >= 15 is 0 Å². The Balaban J connectivity index is 2.02. The molecule has 0 amide bonds. The van der Waals surface area contributed by atoms with Gasteiger partial charge in [0.2, 0.25) is 0 Å². The lowest BCUT2D eigenvalue weighted by atomic mass is 10.1. The van der Waals surface area contributed by atoms with Crippen LogP contribution in [0.4, 0.5) is 5.69 Å². The van der Waals surface area contributed by atoms with Crippen LogP contribution >= 0.6 is 27.7 Å². The van der Waals surface area contributed by atoms with E-state index in [2.05, 4.69) is 69.6 Å². The van der Waals surface area contributed by atoms with E-state index in [1.807, 2.05) is 0 Å². The number of fused-ring (bicyclic) bond motifs is 1. The fourth-order valence-corrected chi connectivity index (χ4v) is 3.42. The SMILES string of the molecule is CC1CSC(Nc2ccc(Br)c3ccccc23)=N1. The lowest BCUT2D eigenvalue weighted by Gasteiger charge is -2.10. The number of rotatable bonds is 1. The summed E-state index contributed by atoms with van der Waals surface area (Å²) in [4.78, 5) is 4.57. The van der Waals surface area contributed by atoms with E-state index in [4.69, 9.17) is 0 Å². The van der Waals surface area contributed by atoms with Crippen LogP contribution in [0.15, 0.2) is 45.9 Å². The first kappa shape index (κ1) is 12.1. The zero-order chi connectivity index (χ0) is 12.5. The lowest BCUT2D eigenvalue weighted by molar-refractivity contribution is 0.865. The zero-order valence-electron chi connectivity index (χ0n) is 9.98. The van der Waals surface area contributed by atoms with Gasteiger partial charge in [-0.05, 0) is 24.4 Å². The highest BCUT2D eigenvalue weighted by Crippen LogP contribution is 2.31. The van der Waals surface area contributed by atoms with Gasteiger partial charge in [-0.2, -0.15) is 0 Å². The first-order valence-electron chi connectivity index (χ1n) is 5.89. The van der Waals surface area contributed by atoms with Crippen LogP contribution in [-0.2, 0) is 0 Å². The molecule has 0 saturated heterocycles. The second kappa shape index (κ2) is 4.94. The molecule has 92 valence electrons. The average Bonchev–Trinajstić information content (AvgIpc) is 2.79. The minimum Gasteiger partial charge on any atom is -0.334 e. The van der Waals surface area contributed by atoms with Gasteiger partial charge in [0.25, 0.3) is 0 Å². The van der Waals surface area contributed by atoms with Crippen molar-refractivity contribution in [1.82, 2.24) is 0 Å². The molecular weight excluding hydrogens is 308 g/mol. The molecule has 2 nitrogen and oxygen atoms in total. The van der Waals surface area contributed by atoms with Gasteiger partial charge in [0.05, 0.1) is 6.04 Å². The molecule has 0 spiro atoms. The van der Waals surface area contributed by atoms with Crippen molar-refractivity contribution in [3.05, 3.63) is 40.9 Å². The molecule has 2 aromatic rings. The van der Waals surface area contributed by atoms with Gasteiger partial charge in [-0.15, -0.1) is 0 Å². The van der Waals surface area contributed by atoms with Crippen LogP contribution in [0, 0.1) is 0 Å². The molecule has 1 heterocycles. The predicted molar refractivity (Wildman–Crippen MR) is 84.6 cm³/mol. The molecule has 3 rings (SSSR count). The number of hydrogen-bond donors (Lipinski definition) is 1. The Morgan fingerprint density at radius 1 is 1.22 bits per heavy atom. The van der Waals surface area contributed by atoms with Crippen molar-refractivity contribution in [3.8, 4) is 0 Å². The van der Waals surface area contributed by atoms with Crippen LogP contribution in [0.3, 0.4) is 0 Å². The lowest BCUT2D eigenvalue weighted by Crippen LogP contribution is -2.05. The highest BCUT2D eigenvalue weighted by Gasteiger charge is 2.14. The first-order chi connectivity index (χ1) is 8.74. The fraction of sp³-hybridized carbons (Fsp3) is 0.214. The number of anilines is 1. The Morgan fingerprint density at radius 3 is 2.72 bits per heavy atom. The molecule has 0 aromatic heterocycles. The minimum atomic E-state index is 0.416. The van der Waals surface area contributed by atoms with Crippen molar-refractivity contribution in [3.63, 3.8) is 0 Å². The molecule has 1 N–H and O–H groups in total. The maximum absolute atomic E-state index is 4.57. The summed E-state index contributed by atoms with van der Waals surface area (Å²) in [5, 5.41) is 6.90. The topological polar surface area (TPSA) is 24.4 Å². The van der Waals surface area contributed by atoms with E-state index in [9.17, 15) is 0 Å². The molecule has 0 saturated carbocycles. The Kier molecular flexibility index (Phi) is 3.31. The minimum absolute atomic E-state index is 0.416. The maximum Gasteiger partial charge on any atom is 0.161 e. The number of thioether (sulfide) groups is 1. The Hall–Kier alpha value is -1.00. The summed E-state index contributed by atoms with van der Waals surface area (Å²) in [7, 11) is 0. The van der Waals surface area contributed by atoms with Crippen molar-refractivity contribution in [2.75, 3.05) is 11.1 Å². The van der Waals surface area contributed by atoms with Gasteiger partial charge < -0.3 is 5.32 Å². The smallest absolute Gasteiger partial charge is 0.161 e. The summed E-state index contributed by atoms with van der Waals surface area (Å²) in [6, 6.07) is 13.0. The largest absolute Gasteiger partial charge is 0.334 e. The zero-order valence-corrected chi connectivity index (χ0v) is 12.4. The van der Waals surface area contributed by atoms with Gasteiger partial charge >= 0.3 is 0 Å². The van der Waals surface area contributed by atoms with Gasteiger partial charge in [0.15, 0.2) is 5.17 Å². The number of hydrogen-bond acceptors (Lipinski definition) is 3. The van der Waals surface area contributed by atoms with Crippen LogP contribution < -0.4 is 5.32 Å². The summed E-state index contributed by atoms with van der Waals surface area (Å²) in [6.07, 6.45) is 0. The van der Waals surface area contributed by atoms with Gasteiger partial charge in [0.1, 0.15) is 0 Å². The standard InChI is InChI=1S/C14H13BrN2S/c1-9-8-18-14(16-9)17-13-7-6-12(15)10-4-2-3-5-11(10)13/h2-7,9H,8H2,1H3,(H,16,17). The molecule has 1 aliphatic rings. The quantitative estimate of drug-likeness (QED) is 0.836. The van der Waals surface area contributed by atoms with Crippen LogP contribution in [0.2, 0.25) is 0 Å². The number of amidine groups is 1. The summed E-state index contributed by atoms with van der Waals surface area (Å²) in [6.45, 7) is 2.14. The average molecular weight is 321 g/mol. The van der Waals surface area contributed by atoms with Crippen LogP contribution in [0.1, 0.15) is 6.92 Å². The van der Waals surface area contributed by atoms with Crippen molar-refractivity contribution in [1.29, 1.82) is 0 Å². The van der Waals surface area contributed by atoms with Crippen molar-refractivity contribution >= 4 is 49.3 Å². The second-order valence-electron chi connectivity index (χ2n) is 4.36. The van der Waals surface area contributed by atoms with E-state index in [0.29, 0.717) is 6.04 Å². The molecule has 0 bridgehead atoms. The summed E-state index contributed by atoms with van der Waals surface area (Å²) in [5.41, 5.74) is 1.12. The monoisotopic (exact) mass is 320 g/mol. The molecule has 18 heavy (non-hydrogen) atoms. The summed E-state index contributed by atoms with van der Waals surface area (Å²) in [5.74, 6) is 1.07. The van der Waals surface area contributed by atoms with Crippen LogP contribution in [-0.4, -0.2) is 17.0 Å². The Labute approximate surface area is 119 Å². The third kappa shape index (κ3) is 2.27. The molecule has 1 aliphatic heterocycles. The number of nitrogens with zero attached hydrogens (tertiary/aromatic N) is 1. The number of benzene rings is 2. The van der Waals surface area contributed by atoms with Gasteiger partial charge in [-0.3, -0.25) is 4.99 Å². The highest BCUT2D eigenvalue weighted by molar-refractivity contribution is 9.10. The number of nitrogens with one attached hydrogen (secondary N) is 1. The van der Waals surface area contributed by atoms with E-state index in [1.165, 1.54) is 10.8 Å². The van der Waals surface area contributed by atoms with Gasteiger partial charge in [0, 0.05) is 21.3 Å². The number of halogens is 1. The van der Waals surface area contributed by atoms with Crippen LogP contribution in [0.5, 0.6) is 0 Å². The van der Waals surface area contributed by atoms with Crippen molar-refractivity contribution in [2.24, 2.45) is 4.99 Å². The molecule has 4 heteroatoms. The predicted octanol–water partition coefficient (Wildman–Crippen LogP) is 4.51. The number of aliphatic imine (C=N–C) groups is 1. The highest BCUT2D eigenvalue weighted by atomic mass is 79.9. The first-order valence-corrected chi connectivity index (χ1v) is 7.67. The maximum atomic E-state index is 4.57. The molecule has 1 unspecified atom stereocenters. The summed E-state index contributed by atoms with van der Waals surface area (Å²) < 4.78 is 1.12. The third-order valence-electron chi connectivity index (χ3n) is 2.91. The van der Waals surface area contributed by atoms with Crippen molar-refractivity contribution < 1.29 is 0 Å². The molecule has 0 radical (unpaired) electrons. The second-order valence-corrected chi connectivity index (χ2v) is 6.22. The van der Waals surface area contributed by atoms with Gasteiger partial charge in [-0.25, -0.2) is 0 Å².